The first-order valence-corrected chi connectivity index (χ1v) is 8.33. The third-order valence-electron chi connectivity index (χ3n) is 3.19. The molecule has 0 spiro atoms. The van der Waals surface area contributed by atoms with Crippen molar-refractivity contribution in [3.05, 3.63) is 63.2 Å². The molecule has 0 aromatic heterocycles. The first-order chi connectivity index (χ1) is 11.5. The van der Waals surface area contributed by atoms with Gasteiger partial charge in [-0.15, -0.1) is 0 Å². The average molecular weight is 444 g/mol. The molecule has 0 fully saturated rings. The van der Waals surface area contributed by atoms with E-state index in [4.69, 9.17) is 0 Å². The fourth-order valence-corrected chi connectivity index (χ4v) is 2.52. The number of carbonyl (C=O) groups excluding carboxylic acids is 2. The number of amides is 2. The Morgan fingerprint density at radius 3 is 2.54 bits per heavy atom. The highest BCUT2D eigenvalue weighted by atomic mass is 127. The van der Waals surface area contributed by atoms with Crippen molar-refractivity contribution < 1.29 is 18.4 Å². The Bertz CT molecular complexity index is 753. The van der Waals surface area contributed by atoms with E-state index >= 15 is 0 Å². The highest BCUT2D eigenvalue weighted by Gasteiger charge is 2.12. The van der Waals surface area contributed by atoms with Gasteiger partial charge in [0.15, 0.2) is 0 Å². The second-order valence-electron chi connectivity index (χ2n) is 5.01. The number of benzene rings is 2. The van der Waals surface area contributed by atoms with Crippen LogP contribution in [0.4, 0.5) is 14.5 Å². The quantitative estimate of drug-likeness (QED) is 0.527. The van der Waals surface area contributed by atoms with Crippen molar-refractivity contribution in [3.63, 3.8) is 0 Å². The summed E-state index contributed by atoms with van der Waals surface area (Å²) in [6.45, 7) is 0.217. The molecule has 0 saturated heterocycles. The SMILES string of the molecule is O=C(CCCNC(=O)c1ccc(F)cc1F)Nc1ccccc1I. The van der Waals surface area contributed by atoms with Gasteiger partial charge in [0.25, 0.3) is 5.91 Å². The maximum Gasteiger partial charge on any atom is 0.254 e. The molecular formula is C17H15F2IN2O2. The Kier molecular flexibility index (Phi) is 6.65. The molecule has 0 heterocycles. The van der Waals surface area contributed by atoms with Crippen LogP contribution >= 0.6 is 22.6 Å². The summed E-state index contributed by atoms with van der Waals surface area (Å²) in [6, 6.07) is 10.2. The van der Waals surface area contributed by atoms with Gasteiger partial charge in [-0.3, -0.25) is 9.59 Å². The maximum atomic E-state index is 13.5. The molecule has 0 aliphatic carbocycles. The average Bonchev–Trinajstić information content (AvgIpc) is 2.53. The highest BCUT2D eigenvalue weighted by Crippen LogP contribution is 2.17. The van der Waals surface area contributed by atoms with Crippen molar-refractivity contribution >= 4 is 40.1 Å². The van der Waals surface area contributed by atoms with Crippen LogP contribution in [0.2, 0.25) is 0 Å². The predicted octanol–water partition coefficient (Wildman–Crippen LogP) is 3.72. The number of halogens is 3. The lowest BCUT2D eigenvalue weighted by molar-refractivity contribution is -0.116. The molecule has 0 aliphatic rings. The van der Waals surface area contributed by atoms with Crippen molar-refractivity contribution in [2.45, 2.75) is 12.8 Å². The van der Waals surface area contributed by atoms with Gasteiger partial charge in [0.2, 0.25) is 5.91 Å². The normalized spacial score (nSPS) is 10.3. The summed E-state index contributed by atoms with van der Waals surface area (Å²) >= 11 is 2.13. The summed E-state index contributed by atoms with van der Waals surface area (Å²) in [4.78, 5) is 23.6. The Hall–Kier alpha value is -2.03. The van der Waals surface area contributed by atoms with E-state index in [0.29, 0.717) is 12.5 Å². The van der Waals surface area contributed by atoms with E-state index in [-0.39, 0.29) is 24.4 Å². The van der Waals surface area contributed by atoms with E-state index in [1.165, 1.54) is 0 Å². The molecule has 2 rings (SSSR count). The molecule has 0 aliphatic heterocycles. The van der Waals surface area contributed by atoms with Gasteiger partial charge in [-0.05, 0) is 53.3 Å². The van der Waals surface area contributed by atoms with Crippen molar-refractivity contribution in [1.82, 2.24) is 5.32 Å². The van der Waals surface area contributed by atoms with Gasteiger partial charge in [0.1, 0.15) is 11.6 Å². The Morgan fingerprint density at radius 2 is 1.83 bits per heavy atom. The van der Waals surface area contributed by atoms with Gasteiger partial charge in [-0.25, -0.2) is 8.78 Å². The van der Waals surface area contributed by atoms with E-state index < -0.39 is 17.5 Å². The second kappa shape index (κ2) is 8.72. The van der Waals surface area contributed by atoms with Crippen LogP contribution in [0.25, 0.3) is 0 Å². The lowest BCUT2D eigenvalue weighted by Crippen LogP contribution is -2.26. The smallest absolute Gasteiger partial charge is 0.254 e. The molecule has 4 nitrogen and oxygen atoms in total. The highest BCUT2D eigenvalue weighted by molar-refractivity contribution is 14.1. The number of nitrogens with one attached hydrogen (secondary N) is 2. The standard InChI is InChI=1S/C17H15F2IN2O2/c18-11-7-8-12(13(19)10-11)17(24)21-9-3-6-16(23)22-15-5-2-1-4-14(15)20/h1-2,4-5,7-8,10H,3,6,9H2,(H,21,24)(H,22,23). The van der Waals surface area contributed by atoms with Crippen LogP contribution in [-0.2, 0) is 4.79 Å². The molecule has 126 valence electrons. The van der Waals surface area contributed by atoms with E-state index in [0.717, 1.165) is 21.4 Å². The largest absolute Gasteiger partial charge is 0.352 e. The molecule has 2 amide bonds. The number of para-hydroxylation sites is 1. The minimum absolute atomic E-state index is 0.165. The van der Waals surface area contributed by atoms with Crippen LogP contribution in [-0.4, -0.2) is 18.4 Å². The van der Waals surface area contributed by atoms with Gasteiger partial charge in [0.05, 0.1) is 11.3 Å². The number of hydrogen-bond donors (Lipinski definition) is 2. The number of rotatable bonds is 6. The van der Waals surface area contributed by atoms with Gasteiger partial charge >= 0.3 is 0 Å². The van der Waals surface area contributed by atoms with E-state index in [1.54, 1.807) is 6.07 Å². The lowest BCUT2D eigenvalue weighted by atomic mass is 10.2. The number of hydrogen-bond acceptors (Lipinski definition) is 2. The molecule has 7 heteroatoms. The summed E-state index contributed by atoms with van der Waals surface area (Å²) in [5, 5.41) is 5.29. The molecule has 2 aromatic rings. The molecule has 0 bridgehead atoms. The molecular weight excluding hydrogens is 429 g/mol. The van der Waals surface area contributed by atoms with Gasteiger partial charge in [-0.2, -0.15) is 0 Å². The molecule has 0 unspecified atom stereocenters. The monoisotopic (exact) mass is 444 g/mol. The first kappa shape index (κ1) is 18.3. The van der Waals surface area contributed by atoms with Crippen molar-refractivity contribution in [3.8, 4) is 0 Å². The number of anilines is 1. The second-order valence-corrected chi connectivity index (χ2v) is 6.17. The van der Waals surface area contributed by atoms with E-state index in [1.807, 2.05) is 18.2 Å². The molecule has 0 atom stereocenters. The summed E-state index contributed by atoms with van der Waals surface area (Å²) in [7, 11) is 0. The van der Waals surface area contributed by atoms with Crippen molar-refractivity contribution in [1.29, 1.82) is 0 Å². The van der Waals surface area contributed by atoms with Crippen molar-refractivity contribution in [2.24, 2.45) is 0 Å². The predicted molar refractivity (Wildman–Crippen MR) is 95.7 cm³/mol. The zero-order valence-corrected chi connectivity index (χ0v) is 14.8. The van der Waals surface area contributed by atoms with Crippen LogP contribution in [0.5, 0.6) is 0 Å². The third-order valence-corrected chi connectivity index (χ3v) is 4.13. The Morgan fingerprint density at radius 1 is 1.08 bits per heavy atom. The van der Waals surface area contributed by atoms with Crippen LogP contribution < -0.4 is 10.6 Å². The van der Waals surface area contributed by atoms with Crippen LogP contribution in [0.15, 0.2) is 42.5 Å². The van der Waals surface area contributed by atoms with Crippen LogP contribution in [0.1, 0.15) is 23.2 Å². The Balaban J connectivity index is 1.75. The fourth-order valence-electron chi connectivity index (χ4n) is 1.99. The summed E-state index contributed by atoms with van der Waals surface area (Å²) < 4.78 is 27.2. The summed E-state index contributed by atoms with van der Waals surface area (Å²) in [5.74, 6) is -2.45. The van der Waals surface area contributed by atoms with Gasteiger partial charge < -0.3 is 10.6 Å². The Labute approximate surface area is 151 Å². The van der Waals surface area contributed by atoms with E-state index in [2.05, 4.69) is 33.2 Å². The molecule has 0 radical (unpaired) electrons. The molecule has 2 aromatic carbocycles. The van der Waals surface area contributed by atoms with Gasteiger partial charge in [0, 0.05) is 22.6 Å². The molecule has 0 saturated carbocycles. The molecule has 24 heavy (non-hydrogen) atoms. The van der Waals surface area contributed by atoms with E-state index in [9.17, 15) is 18.4 Å². The minimum atomic E-state index is -0.913. The minimum Gasteiger partial charge on any atom is -0.352 e. The van der Waals surface area contributed by atoms with Crippen LogP contribution in [0, 0.1) is 15.2 Å². The van der Waals surface area contributed by atoms with Crippen molar-refractivity contribution in [2.75, 3.05) is 11.9 Å². The summed E-state index contributed by atoms with van der Waals surface area (Å²) in [5.41, 5.74) is 0.514. The lowest BCUT2D eigenvalue weighted by Gasteiger charge is -2.08. The van der Waals surface area contributed by atoms with Gasteiger partial charge in [-0.1, -0.05) is 12.1 Å². The van der Waals surface area contributed by atoms with Crippen LogP contribution in [0.3, 0.4) is 0 Å². The maximum absolute atomic E-state index is 13.5. The number of carbonyl (C=O) groups is 2. The first-order valence-electron chi connectivity index (χ1n) is 7.25. The molecule has 2 N–H and O–H groups in total. The summed E-state index contributed by atoms with van der Waals surface area (Å²) in [6.07, 6.45) is 0.626. The fraction of sp³-hybridized carbons (Fsp3) is 0.176. The zero-order valence-electron chi connectivity index (χ0n) is 12.6. The zero-order chi connectivity index (χ0) is 17.5. The third kappa shape index (κ3) is 5.26. The topological polar surface area (TPSA) is 58.2 Å².